The Morgan fingerprint density at radius 2 is 2.25 bits per heavy atom. The molecular formula is C13H13BrN2O3S. The van der Waals surface area contributed by atoms with Crippen molar-refractivity contribution in [1.29, 1.82) is 0 Å². The van der Waals surface area contributed by atoms with E-state index in [2.05, 4.69) is 20.9 Å². The topological polar surface area (TPSA) is 85.4 Å². The number of nitrogens with zero attached hydrogens (tertiary/aromatic N) is 1. The molecule has 0 spiro atoms. The second-order valence-corrected chi connectivity index (χ2v) is 6.13. The van der Waals surface area contributed by atoms with Crippen LogP contribution in [0.15, 0.2) is 18.2 Å². The van der Waals surface area contributed by atoms with E-state index in [0.717, 1.165) is 22.6 Å². The molecule has 1 aromatic carbocycles. The van der Waals surface area contributed by atoms with Crippen LogP contribution in [0.1, 0.15) is 25.6 Å². The first-order valence-corrected chi connectivity index (χ1v) is 7.45. The number of hydrogen-bond donors (Lipinski definition) is 2. The van der Waals surface area contributed by atoms with Gasteiger partial charge in [-0.15, -0.1) is 0 Å². The first-order chi connectivity index (χ1) is 9.43. The second kappa shape index (κ2) is 5.80. The Labute approximate surface area is 128 Å². The highest BCUT2D eigenvalue weighted by atomic mass is 79.9. The molecule has 1 heterocycles. The fourth-order valence-electron chi connectivity index (χ4n) is 1.80. The number of aryl methyl sites for hydroxylation is 1. The molecule has 0 bridgehead atoms. The van der Waals surface area contributed by atoms with Gasteiger partial charge in [0, 0.05) is 5.56 Å². The number of anilines is 1. The fraction of sp³-hybridized carbons (Fsp3) is 0.231. The van der Waals surface area contributed by atoms with Gasteiger partial charge < -0.3 is 15.6 Å². The number of methoxy groups -OCH3 is 1. The fourth-order valence-corrected chi connectivity index (χ4v) is 3.26. The van der Waals surface area contributed by atoms with E-state index in [1.807, 2.05) is 6.92 Å². The van der Waals surface area contributed by atoms with E-state index >= 15 is 0 Å². The van der Waals surface area contributed by atoms with E-state index in [1.54, 1.807) is 25.3 Å². The quantitative estimate of drug-likeness (QED) is 0.649. The van der Waals surface area contributed by atoms with Crippen LogP contribution in [0.5, 0.6) is 11.6 Å². The van der Waals surface area contributed by atoms with Gasteiger partial charge in [0.15, 0.2) is 10.9 Å². The van der Waals surface area contributed by atoms with E-state index in [0.29, 0.717) is 10.4 Å². The number of ether oxygens (including phenoxy) is 1. The highest BCUT2D eigenvalue weighted by molar-refractivity contribution is 9.09. The Hall–Kier alpha value is -1.60. The van der Waals surface area contributed by atoms with Crippen LogP contribution in [-0.4, -0.2) is 23.0 Å². The molecule has 0 aliphatic rings. The van der Waals surface area contributed by atoms with Gasteiger partial charge >= 0.3 is 0 Å². The van der Waals surface area contributed by atoms with Gasteiger partial charge in [0.05, 0.1) is 12.0 Å². The first kappa shape index (κ1) is 14.8. The van der Waals surface area contributed by atoms with Crippen molar-refractivity contribution in [3.8, 4) is 11.6 Å². The number of thiazole rings is 1. The second-order valence-electron chi connectivity index (χ2n) is 4.15. The molecule has 7 heteroatoms. The Morgan fingerprint density at radius 3 is 2.75 bits per heavy atom. The molecular weight excluding hydrogens is 344 g/mol. The number of ketones is 1. The van der Waals surface area contributed by atoms with E-state index in [9.17, 15) is 9.90 Å². The van der Waals surface area contributed by atoms with E-state index in [4.69, 9.17) is 10.5 Å². The molecule has 1 unspecified atom stereocenters. The van der Waals surface area contributed by atoms with Crippen molar-refractivity contribution >= 4 is 38.2 Å². The third-order valence-electron chi connectivity index (χ3n) is 2.79. The smallest absolute Gasteiger partial charge is 0.228 e. The average Bonchev–Trinajstić information content (AvgIpc) is 2.76. The summed E-state index contributed by atoms with van der Waals surface area (Å²) >= 11 is 4.37. The van der Waals surface area contributed by atoms with Crippen LogP contribution >= 0.6 is 27.3 Å². The van der Waals surface area contributed by atoms with Gasteiger partial charge in [-0.3, -0.25) is 4.79 Å². The molecule has 106 valence electrons. The Balaban J connectivity index is 2.31. The van der Waals surface area contributed by atoms with Crippen LogP contribution in [0.2, 0.25) is 0 Å². The number of carbonyl (C=O) groups is 1. The number of halogens is 1. The molecule has 20 heavy (non-hydrogen) atoms. The highest BCUT2D eigenvalue weighted by Crippen LogP contribution is 2.38. The molecule has 0 saturated carbocycles. The third-order valence-corrected chi connectivity index (χ3v) is 4.91. The maximum Gasteiger partial charge on any atom is 0.228 e. The minimum absolute atomic E-state index is 0.172. The Morgan fingerprint density at radius 1 is 1.55 bits per heavy atom. The molecule has 1 aromatic heterocycles. The van der Waals surface area contributed by atoms with Gasteiger partial charge in [-0.25, -0.2) is 0 Å². The predicted molar refractivity (Wildman–Crippen MR) is 81.9 cm³/mol. The van der Waals surface area contributed by atoms with Gasteiger partial charge in [0.25, 0.3) is 0 Å². The summed E-state index contributed by atoms with van der Waals surface area (Å²) in [5, 5.41) is 9.87. The molecule has 1 atom stereocenters. The highest BCUT2D eigenvalue weighted by Gasteiger charge is 2.25. The van der Waals surface area contributed by atoms with Gasteiger partial charge in [-0.1, -0.05) is 27.3 Å². The van der Waals surface area contributed by atoms with Crippen LogP contribution in [0.25, 0.3) is 0 Å². The summed E-state index contributed by atoms with van der Waals surface area (Å²) in [6.45, 7) is 1.86. The van der Waals surface area contributed by atoms with E-state index in [-0.39, 0.29) is 16.8 Å². The number of carbonyl (C=O) groups excluding carboxylic acids is 1. The van der Waals surface area contributed by atoms with Crippen LogP contribution in [-0.2, 0) is 0 Å². The third kappa shape index (κ3) is 2.78. The van der Waals surface area contributed by atoms with Gasteiger partial charge in [0.2, 0.25) is 5.88 Å². The number of aromatic hydroxyl groups is 1. The molecule has 5 nitrogen and oxygen atoms in total. The predicted octanol–water partition coefficient (Wildman–Crippen LogP) is 3.07. The normalized spacial score (nSPS) is 12.2. The van der Waals surface area contributed by atoms with Gasteiger partial charge in [-0.2, -0.15) is 4.98 Å². The van der Waals surface area contributed by atoms with Crippen molar-refractivity contribution in [2.24, 2.45) is 0 Å². The maximum atomic E-state index is 12.4. The number of nitrogens with two attached hydrogens (primary N) is 1. The molecule has 0 radical (unpaired) electrons. The zero-order valence-corrected chi connectivity index (χ0v) is 13.3. The number of benzene rings is 1. The summed E-state index contributed by atoms with van der Waals surface area (Å²) in [6.07, 6.45) is 0. The number of hydrogen-bond acceptors (Lipinski definition) is 6. The zero-order valence-electron chi connectivity index (χ0n) is 10.9. The summed E-state index contributed by atoms with van der Waals surface area (Å²) in [5.74, 6) is 0.334. The lowest BCUT2D eigenvalue weighted by molar-refractivity contribution is 0.0991. The largest absolute Gasteiger partial charge is 0.496 e. The Bertz CT molecular complexity index is 657. The molecule has 0 fully saturated rings. The SMILES string of the molecule is COc1ccc(C(=O)C(Br)c2sc(N)nc2O)cc1C. The minimum Gasteiger partial charge on any atom is -0.496 e. The maximum absolute atomic E-state index is 12.4. The van der Waals surface area contributed by atoms with Crippen molar-refractivity contribution in [2.45, 2.75) is 11.8 Å². The molecule has 2 aromatic rings. The van der Waals surface area contributed by atoms with Gasteiger partial charge in [-0.05, 0) is 30.7 Å². The Kier molecular flexibility index (Phi) is 4.29. The lowest BCUT2D eigenvalue weighted by Crippen LogP contribution is -2.06. The number of nitrogen functional groups attached to an aromatic ring is 1. The summed E-state index contributed by atoms with van der Waals surface area (Å²) in [7, 11) is 1.58. The lowest BCUT2D eigenvalue weighted by atomic mass is 10.0. The number of aromatic nitrogens is 1. The molecule has 0 aliphatic carbocycles. The monoisotopic (exact) mass is 356 g/mol. The van der Waals surface area contributed by atoms with Gasteiger partial charge in [0.1, 0.15) is 10.6 Å². The van der Waals surface area contributed by atoms with Crippen LogP contribution in [0.4, 0.5) is 5.13 Å². The average molecular weight is 357 g/mol. The van der Waals surface area contributed by atoms with Crippen LogP contribution in [0.3, 0.4) is 0 Å². The van der Waals surface area contributed by atoms with Crippen molar-refractivity contribution in [3.05, 3.63) is 34.2 Å². The van der Waals surface area contributed by atoms with Crippen molar-refractivity contribution in [2.75, 3.05) is 12.8 Å². The van der Waals surface area contributed by atoms with E-state index < -0.39 is 4.83 Å². The number of alkyl halides is 1. The van der Waals surface area contributed by atoms with E-state index in [1.165, 1.54) is 0 Å². The van der Waals surface area contributed by atoms with Crippen LogP contribution in [0, 0.1) is 6.92 Å². The molecule has 0 amide bonds. The first-order valence-electron chi connectivity index (χ1n) is 5.72. The standard InChI is InChI=1S/C13H13BrN2O3S/c1-6-5-7(3-4-8(6)19-2)10(17)9(14)11-12(18)16-13(15)20-11/h3-5,9,18H,1-2H3,(H2,15,16). The number of rotatable bonds is 4. The molecule has 2 rings (SSSR count). The number of Topliss-reactive ketones (excluding diaryl/α,β-unsaturated/α-hetero) is 1. The summed E-state index contributed by atoms with van der Waals surface area (Å²) in [6, 6.07) is 5.17. The minimum atomic E-state index is -0.676. The summed E-state index contributed by atoms with van der Waals surface area (Å²) in [4.78, 5) is 15.8. The molecule has 0 aliphatic heterocycles. The van der Waals surface area contributed by atoms with Crippen molar-refractivity contribution in [1.82, 2.24) is 4.98 Å². The van der Waals surface area contributed by atoms with Crippen molar-refractivity contribution in [3.63, 3.8) is 0 Å². The molecule has 0 saturated heterocycles. The van der Waals surface area contributed by atoms with Crippen LogP contribution < -0.4 is 10.5 Å². The molecule has 3 N–H and O–H groups in total. The lowest BCUT2D eigenvalue weighted by Gasteiger charge is -2.09. The summed E-state index contributed by atoms with van der Waals surface area (Å²) in [5.41, 5.74) is 6.91. The summed E-state index contributed by atoms with van der Waals surface area (Å²) < 4.78 is 5.16. The van der Waals surface area contributed by atoms with Crippen molar-refractivity contribution < 1.29 is 14.6 Å². The zero-order chi connectivity index (χ0) is 14.9.